The molecule has 0 saturated heterocycles. The lowest BCUT2D eigenvalue weighted by Gasteiger charge is -1.97. The first-order valence-corrected chi connectivity index (χ1v) is 5.54. The molecule has 6 heteroatoms. The van der Waals surface area contributed by atoms with Crippen molar-refractivity contribution in [1.29, 1.82) is 0 Å². The second-order valence-electron chi connectivity index (χ2n) is 3.66. The molecule has 1 N–H and O–H groups in total. The molecule has 2 aromatic heterocycles. The van der Waals surface area contributed by atoms with Gasteiger partial charge in [0.15, 0.2) is 5.76 Å². The molecule has 2 heterocycles. The minimum Gasteiger partial charge on any atom is -0.459 e. The molecule has 0 aliphatic rings. The lowest BCUT2D eigenvalue weighted by Crippen LogP contribution is -2.15. The fourth-order valence-corrected chi connectivity index (χ4v) is 1.50. The van der Waals surface area contributed by atoms with Gasteiger partial charge in [0.2, 0.25) is 0 Å². The second-order valence-corrected chi connectivity index (χ2v) is 3.66. The maximum absolute atomic E-state index is 11.4. The quantitative estimate of drug-likeness (QED) is 0.766. The van der Waals surface area contributed by atoms with Crippen LogP contribution in [0.25, 0.3) is 11.7 Å². The lowest BCUT2D eigenvalue weighted by atomic mass is 10.2. The van der Waals surface area contributed by atoms with E-state index in [4.69, 9.17) is 13.9 Å². The first kappa shape index (κ1) is 11.7. The highest BCUT2D eigenvalue weighted by Gasteiger charge is 2.11. The summed E-state index contributed by atoms with van der Waals surface area (Å²) in [6, 6.07) is 3.39. The molecule has 0 aliphatic heterocycles. The van der Waals surface area contributed by atoms with Crippen LogP contribution in [0.4, 0.5) is 0 Å². The number of aliphatic hydroxyl groups excluding tert-OH is 1. The Bertz CT molecular complexity index is 498. The van der Waals surface area contributed by atoms with Gasteiger partial charge in [-0.3, -0.25) is 0 Å². The van der Waals surface area contributed by atoms with Crippen LogP contribution in [0.5, 0.6) is 0 Å². The Labute approximate surface area is 97.5 Å². The van der Waals surface area contributed by atoms with Crippen molar-refractivity contribution >= 4 is 0 Å². The SMILES string of the molecule is O=c1oc(-c2ccco2)nn1CCCCCO. The Hall–Kier alpha value is -1.82. The largest absolute Gasteiger partial charge is 0.459 e. The van der Waals surface area contributed by atoms with E-state index in [0.29, 0.717) is 12.3 Å². The van der Waals surface area contributed by atoms with E-state index in [9.17, 15) is 4.79 Å². The Kier molecular flexibility index (Phi) is 3.77. The third-order valence-electron chi connectivity index (χ3n) is 2.37. The number of hydrogen-bond donors (Lipinski definition) is 1. The molecule has 92 valence electrons. The molecule has 0 atom stereocenters. The maximum Gasteiger partial charge on any atom is 0.437 e. The van der Waals surface area contributed by atoms with E-state index in [0.717, 1.165) is 19.3 Å². The van der Waals surface area contributed by atoms with Crippen LogP contribution in [-0.2, 0) is 6.54 Å². The lowest BCUT2D eigenvalue weighted by molar-refractivity contribution is 0.281. The van der Waals surface area contributed by atoms with E-state index in [1.54, 1.807) is 12.1 Å². The molecular weight excluding hydrogens is 224 g/mol. The van der Waals surface area contributed by atoms with Crippen LogP contribution in [0.3, 0.4) is 0 Å². The van der Waals surface area contributed by atoms with Crippen LogP contribution in [0.2, 0.25) is 0 Å². The van der Waals surface area contributed by atoms with Gasteiger partial charge in [0.05, 0.1) is 6.26 Å². The van der Waals surface area contributed by atoms with Crippen molar-refractivity contribution in [1.82, 2.24) is 9.78 Å². The number of aliphatic hydroxyl groups is 1. The van der Waals surface area contributed by atoms with E-state index in [-0.39, 0.29) is 12.5 Å². The normalized spacial score (nSPS) is 10.9. The summed E-state index contributed by atoms with van der Waals surface area (Å²) in [6.07, 6.45) is 3.86. The third kappa shape index (κ3) is 2.85. The Balaban J connectivity index is 2.02. The molecule has 0 spiro atoms. The molecular formula is C11H14N2O4. The van der Waals surface area contributed by atoms with Gasteiger partial charge in [-0.15, -0.1) is 5.10 Å². The van der Waals surface area contributed by atoms with E-state index >= 15 is 0 Å². The molecule has 0 saturated carbocycles. The zero-order valence-corrected chi connectivity index (χ0v) is 9.33. The maximum atomic E-state index is 11.4. The third-order valence-corrected chi connectivity index (χ3v) is 2.37. The highest BCUT2D eigenvalue weighted by atomic mass is 16.4. The molecule has 0 aliphatic carbocycles. The predicted molar refractivity (Wildman–Crippen MR) is 59.4 cm³/mol. The standard InChI is InChI=1S/C11H14N2O4/c14-7-3-1-2-6-13-11(15)17-10(12-13)9-5-4-8-16-9/h4-5,8,14H,1-3,6-7H2. The second kappa shape index (κ2) is 5.49. The van der Waals surface area contributed by atoms with E-state index in [2.05, 4.69) is 5.10 Å². The highest BCUT2D eigenvalue weighted by Crippen LogP contribution is 2.15. The van der Waals surface area contributed by atoms with Crippen molar-refractivity contribution in [3.8, 4) is 11.7 Å². The summed E-state index contributed by atoms with van der Waals surface area (Å²) in [6.45, 7) is 0.661. The minimum absolute atomic E-state index is 0.172. The Morgan fingerprint density at radius 1 is 1.35 bits per heavy atom. The summed E-state index contributed by atoms with van der Waals surface area (Å²) in [5.41, 5.74) is 0. The highest BCUT2D eigenvalue weighted by molar-refractivity contribution is 5.42. The minimum atomic E-state index is -0.486. The van der Waals surface area contributed by atoms with Crippen LogP contribution in [0.15, 0.2) is 32.0 Å². The van der Waals surface area contributed by atoms with Crippen LogP contribution < -0.4 is 5.76 Å². The van der Waals surface area contributed by atoms with Gasteiger partial charge in [0.1, 0.15) is 0 Å². The molecule has 17 heavy (non-hydrogen) atoms. The summed E-state index contributed by atoms with van der Waals surface area (Å²) >= 11 is 0. The van der Waals surface area contributed by atoms with Crippen molar-refractivity contribution in [3.05, 3.63) is 28.9 Å². The van der Waals surface area contributed by atoms with Gasteiger partial charge in [-0.25, -0.2) is 4.79 Å². The van der Waals surface area contributed by atoms with E-state index < -0.39 is 5.76 Å². The number of rotatable bonds is 6. The molecule has 2 aromatic rings. The number of furan rings is 1. The van der Waals surface area contributed by atoms with E-state index in [1.807, 2.05) is 0 Å². The smallest absolute Gasteiger partial charge is 0.437 e. The monoisotopic (exact) mass is 238 g/mol. The zero-order valence-electron chi connectivity index (χ0n) is 9.33. The molecule has 0 aromatic carbocycles. The van der Waals surface area contributed by atoms with Crippen LogP contribution in [0.1, 0.15) is 19.3 Å². The molecule has 6 nitrogen and oxygen atoms in total. The molecule has 0 radical (unpaired) electrons. The molecule has 0 unspecified atom stereocenters. The first-order chi connectivity index (χ1) is 8.31. The van der Waals surface area contributed by atoms with Crippen LogP contribution >= 0.6 is 0 Å². The van der Waals surface area contributed by atoms with Gasteiger partial charge in [-0.1, -0.05) is 0 Å². The molecule has 2 rings (SSSR count). The number of unbranched alkanes of at least 4 members (excludes halogenated alkanes) is 2. The van der Waals surface area contributed by atoms with Gasteiger partial charge in [-0.05, 0) is 31.4 Å². The van der Waals surface area contributed by atoms with Crippen molar-refractivity contribution in [2.24, 2.45) is 0 Å². The van der Waals surface area contributed by atoms with Crippen LogP contribution in [-0.4, -0.2) is 21.5 Å². The molecule has 0 bridgehead atoms. The van der Waals surface area contributed by atoms with Gasteiger partial charge >= 0.3 is 5.76 Å². The van der Waals surface area contributed by atoms with E-state index in [1.165, 1.54) is 10.9 Å². The Morgan fingerprint density at radius 2 is 2.24 bits per heavy atom. The number of aryl methyl sites for hydroxylation is 1. The van der Waals surface area contributed by atoms with Crippen molar-refractivity contribution in [2.75, 3.05) is 6.61 Å². The predicted octanol–water partition coefficient (Wildman–Crippen LogP) is 1.26. The Morgan fingerprint density at radius 3 is 2.94 bits per heavy atom. The molecule has 0 amide bonds. The van der Waals surface area contributed by atoms with Gasteiger partial charge < -0.3 is 13.9 Å². The molecule has 0 fully saturated rings. The average molecular weight is 238 g/mol. The summed E-state index contributed by atoms with van der Waals surface area (Å²) in [7, 11) is 0. The summed E-state index contributed by atoms with van der Waals surface area (Å²) < 4.78 is 11.3. The summed E-state index contributed by atoms with van der Waals surface area (Å²) in [5, 5.41) is 12.7. The van der Waals surface area contributed by atoms with Crippen molar-refractivity contribution in [2.45, 2.75) is 25.8 Å². The topological polar surface area (TPSA) is 81.4 Å². The fraction of sp³-hybridized carbons (Fsp3) is 0.455. The number of hydrogen-bond acceptors (Lipinski definition) is 5. The number of nitrogens with zero attached hydrogens (tertiary/aromatic N) is 2. The summed E-state index contributed by atoms with van der Waals surface area (Å²) in [5.74, 6) is 0.152. The summed E-state index contributed by atoms with van der Waals surface area (Å²) in [4.78, 5) is 11.4. The fourth-order valence-electron chi connectivity index (χ4n) is 1.50. The van der Waals surface area contributed by atoms with Gasteiger partial charge in [0.25, 0.3) is 5.89 Å². The van der Waals surface area contributed by atoms with Crippen molar-refractivity contribution < 1.29 is 13.9 Å². The van der Waals surface area contributed by atoms with Gasteiger partial charge in [-0.2, -0.15) is 4.68 Å². The number of aromatic nitrogens is 2. The van der Waals surface area contributed by atoms with Crippen molar-refractivity contribution in [3.63, 3.8) is 0 Å². The first-order valence-electron chi connectivity index (χ1n) is 5.54. The zero-order chi connectivity index (χ0) is 12.1. The van der Waals surface area contributed by atoms with Gasteiger partial charge in [0, 0.05) is 13.2 Å². The average Bonchev–Trinajstić information content (AvgIpc) is 2.94. The van der Waals surface area contributed by atoms with Crippen LogP contribution in [0, 0.1) is 0 Å².